The molecule has 3 rings (SSSR count). The summed E-state index contributed by atoms with van der Waals surface area (Å²) in [5, 5.41) is 7.27. The number of hydrogen-bond acceptors (Lipinski definition) is 4. The van der Waals surface area contributed by atoms with E-state index in [1.165, 1.54) is 0 Å². The maximum atomic E-state index is 12.7. The molecular weight excluding hydrogens is 361 g/mol. The van der Waals surface area contributed by atoms with Crippen LogP contribution in [0.4, 0.5) is 0 Å². The van der Waals surface area contributed by atoms with Crippen LogP contribution in [-0.4, -0.2) is 30.0 Å². The summed E-state index contributed by atoms with van der Waals surface area (Å²) < 4.78 is 5.76. The summed E-state index contributed by atoms with van der Waals surface area (Å²) in [6.45, 7) is 3.90. The van der Waals surface area contributed by atoms with E-state index < -0.39 is 0 Å². The minimum Gasteiger partial charge on any atom is -0.437 e. The third kappa shape index (κ3) is 4.42. The molecule has 1 amide bonds. The number of benzene rings is 1. The Labute approximate surface area is 156 Å². The van der Waals surface area contributed by atoms with E-state index in [2.05, 4.69) is 22.5 Å². The van der Waals surface area contributed by atoms with E-state index in [1.807, 2.05) is 0 Å². The Morgan fingerprint density at radius 2 is 2.20 bits per heavy atom. The number of hydrogen-bond donors (Lipinski definition) is 2. The minimum atomic E-state index is -0.202. The Morgan fingerprint density at radius 1 is 1.36 bits per heavy atom. The van der Waals surface area contributed by atoms with Crippen LogP contribution in [0.2, 0.25) is 10.0 Å². The molecule has 1 fully saturated rings. The fraction of sp³-hybridized carbons (Fsp3) is 0.333. The van der Waals surface area contributed by atoms with Gasteiger partial charge < -0.3 is 15.4 Å². The molecule has 2 atom stereocenters. The lowest BCUT2D eigenvalue weighted by Crippen LogP contribution is -2.48. The molecule has 0 saturated carbocycles. The first-order valence-corrected chi connectivity index (χ1v) is 8.89. The zero-order valence-corrected chi connectivity index (χ0v) is 15.3. The van der Waals surface area contributed by atoms with Crippen LogP contribution in [0.25, 0.3) is 0 Å². The summed E-state index contributed by atoms with van der Waals surface area (Å²) in [4.78, 5) is 16.9. The highest BCUT2D eigenvalue weighted by atomic mass is 35.5. The summed E-state index contributed by atoms with van der Waals surface area (Å²) >= 11 is 12.0. The first kappa shape index (κ1) is 18.0. The molecule has 1 aliphatic rings. The molecule has 1 aromatic carbocycles. The van der Waals surface area contributed by atoms with Gasteiger partial charge in [-0.25, -0.2) is 4.98 Å². The third-order valence-corrected chi connectivity index (χ3v) is 4.75. The average Bonchev–Trinajstić information content (AvgIpc) is 2.60. The first-order valence-electron chi connectivity index (χ1n) is 8.14. The number of amides is 1. The van der Waals surface area contributed by atoms with Crippen LogP contribution in [0.1, 0.15) is 23.7 Å². The van der Waals surface area contributed by atoms with Crippen molar-refractivity contribution in [2.45, 2.75) is 19.4 Å². The topological polar surface area (TPSA) is 63.2 Å². The van der Waals surface area contributed by atoms with Crippen LogP contribution in [0, 0.1) is 5.92 Å². The highest BCUT2D eigenvalue weighted by Crippen LogP contribution is 2.32. The van der Waals surface area contributed by atoms with Crippen molar-refractivity contribution in [2.24, 2.45) is 5.92 Å². The molecule has 132 valence electrons. The molecular formula is C18H19Cl2N3O2. The molecule has 2 aromatic rings. The number of pyridine rings is 1. The van der Waals surface area contributed by atoms with Gasteiger partial charge in [0, 0.05) is 17.3 Å². The second-order valence-electron chi connectivity index (χ2n) is 6.08. The smallest absolute Gasteiger partial charge is 0.257 e. The standard InChI is InChI=1S/C18H19Cl2N3O2/c1-11-10-21-8-6-15(11)23-17(24)13-3-2-7-22-18(13)25-16-5-4-12(19)9-14(16)20/h2-5,7,9,11,15,21H,6,8,10H2,1H3,(H,23,24). The summed E-state index contributed by atoms with van der Waals surface area (Å²) in [5.41, 5.74) is 0.374. The SMILES string of the molecule is CC1CNCCC1NC(=O)c1cccnc1Oc1ccc(Cl)cc1Cl. The third-order valence-electron chi connectivity index (χ3n) is 4.22. The molecule has 5 nitrogen and oxygen atoms in total. The van der Waals surface area contributed by atoms with Crippen molar-refractivity contribution in [2.75, 3.05) is 13.1 Å². The predicted octanol–water partition coefficient (Wildman–Crippen LogP) is 3.91. The quantitative estimate of drug-likeness (QED) is 0.844. The van der Waals surface area contributed by atoms with Crippen molar-refractivity contribution >= 4 is 29.1 Å². The normalized spacial score (nSPS) is 20.1. The molecule has 0 spiro atoms. The highest BCUT2D eigenvalue weighted by Gasteiger charge is 2.24. The predicted molar refractivity (Wildman–Crippen MR) is 98.7 cm³/mol. The van der Waals surface area contributed by atoms with E-state index in [4.69, 9.17) is 27.9 Å². The van der Waals surface area contributed by atoms with Crippen LogP contribution < -0.4 is 15.4 Å². The van der Waals surface area contributed by atoms with Crippen molar-refractivity contribution in [3.8, 4) is 11.6 Å². The summed E-state index contributed by atoms with van der Waals surface area (Å²) in [6.07, 6.45) is 2.47. The van der Waals surface area contributed by atoms with Gasteiger partial charge in [-0.2, -0.15) is 0 Å². The van der Waals surface area contributed by atoms with Crippen molar-refractivity contribution < 1.29 is 9.53 Å². The highest BCUT2D eigenvalue weighted by molar-refractivity contribution is 6.35. The Kier molecular flexibility index (Phi) is 5.78. The summed E-state index contributed by atoms with van der Waals surface area (Å²) in [6, 6.07) is 8.42. The largest absolute Gasteiger partial charge is 0.437 e. The monoisotopic (exact) mass is 379 g/mol. The number of carbonyl (C=O) groups is 1. The summed E-state index contributed by atoms with van der Waals surface area (Å²) in [7, 11) is 0. The molecule has 2 unspecified atom stereocenters. The maximum absolute atomic E-state index is 12.7. The molecule has 2 heterocycles. The van der Waals surface area contributed by atoms with Gasteiger partial charge in [-0.1, -0.05) is 30.1 Å². The number of aromatic nitrogens is 1. The van der Waals surface area contributed by atoms with E-state index in [9.17, 15) is 4.79 Å². The number of halogens is 2. The van der Waals surface area contributed by atoms with Gasteiger partial charge in [0.15, 0.2) is 0 Å². The lowest BCUT2D eigenvalue weighted by molar-refractivity contribution is 0.0911. The Morgan fingerprint density at radius 3 is 2.96 bits per heavy atom. The number of ether oxygens (including phenoxy) is 1. The van der Waals surface area contributed by atoms with Gasteiger partial charge in [0.05, 0.1) is 5.02 Å². The summed E-state index contributed by atoms with van der Waals surface area (Å²) in [5.74, 6) is 0.774. The molecule has 1 saturated heterocycles. The average molecular weight is 380 g/mol. The van der Waals surface area contributed by atoms with Gasteiger partial charge in [-0.05, 0) is 55.8 Å². The van der Waals surface area contributed by atoms with E-state index in [0.29, 0.717) is 27.3 Å². The van der Waals surface area contributed by atoms with E-state index >= 15 is 0 Å². The van der Waals surface area contributed by atoms with Crippen molar-refractivity contribution in [3.05, 3.63) is 52.1 Å². The number of rotatable bonds is 4. The molecule has 1 aromatic heterocycles. The van der Waals surface area contributed by atoms with Crippen LogP contribution in [-0.2, 0) is 0 Å². The number of carbonyl (C=O) groups excluding carboxylic acids is 1. The zero-order valence-electron chi connectivity index (χ0n) is 13.8. The Balaban J connectivity index is 1.79. The fourth-order valence-electron chi connectivity index (χ4n) is 2.78. The van der Waals surface area contributed by atoms with E-state index in [0.717, 1.165) is 19.5 Å². The second-order valence-corrected chi connectivity index (χ2v) is 6.93. The molecule has 2 N–H and O–H groups in total. The lowest BCUT2D eigenvalue weighted by Gasteiger charge is -2.30. The van der Waals surface area contributed by atoms with Gasteiger partial charge in [-0.15, -0.1) is 0 Å². The van der Waals surface area contributed by atoms with Crippen LogP contribution >= 0.6 is 23.2 Å². The van der Waals surface area contributed by atoms with Crippen molar-refractivity contribution in [1.82, 2.24) is 15.6 Å². The van der Waals surface area contributed by atoms with Crippen LogP contribution in [0.15, 0.2) is 36.5 Å². The van der Waals surface area contributed by atoms with Gasteiger partial charge in [-0.3, -0.25) is 4.79 Å². The van der Waals surface area contributed by atoms with Gasteiger partial charge >= 0.3 is 0 Å². The molecule has 25 heavy (non-hydrogen) atoms. The second kappa shape index (κ2) is 8.04. The van der Waals surface area contributed by atoms with Crippen LogP contribution in [0.5, 0.6) is 11.6 Å². The molecule has 0 radical (unpaired) electrons. The van der Waals surface area contributed by atoms with Crippen molar-refractivity contribution in [3.63, 3.8) is 0 Å². The minimum absolute atomic E-state index is 0.126. The van der Waals surface area contributed by atoms with Gasteiger partial charge in [0.25, 0.3) is 5.91 Å². The number of nitrogens with one attached hydrogen (secondary N) is 2. The van der Waals surface area contributed by atoms with Gasteiger partial charge in [0.1, 0.15) is 11.3 Å². The zero-order chi connectivity index (χ0) is 17.8. The molecule has 0 bridgehead atoms. The molecule has 1 aliphatic heterocycles. The Hall–Kier alpha value is -1.82. The number of piperidine rings is 1. The maximum Gasteiger partial charge on any atom is 0.257 e. The van der Waals surface area contributed by atoms with E-state index in [1.54, 1.807) is 36.5 Å². The Bertz CT molecular complexity index is 770. The molecule has 7 heteroatoms. The van der Waals surface area contributed by atoms with E-state index in [-0.39, 0.29) is 17.8 Å². The fourth-order valence-corrected chi connectivity index (χ4v) is 3.23. The number of nitrogens with zero attached hydrogens (tertiary/aromatic N) is 1. The molecule has 0 aliphatic carbocycles. The lowest BCUT2D eigenvalue weighted by atomic mass is 9.95. The first-order chi connectivity index (χ1) is 12.0. The van der Waals surface area contributed by atoms with Crippen molar-refractivity contribution in [1.29, 1.82) is 0 Å². The van der Waals surface area contributed by atoms with Gasteiger partial charge in [0.2, 0.25) is 5.88 Å². The van der Waals surface area contributed by atoms with Crippen LogP contribution in [0.3, 0.4) is 0 Å².